The van der Waals surface area contributed by atoms with E-state index in [2.05, 4.69) is 22.4 Å². The lowest BCUT2D eigenvalue weighted by molar-refractivity contribution is 0.407. The van der Waals surface area contributed by atoms with Gasteiger partial charge in [0.2, 0.25) is 0 Å². The Labute approximate surface area is 95.5 Å². The topological polar surface area (TPSA) is 37.0 Å². The molecule has 2 N–H and O–H groups in total. The third-order valence-corrected chi connectivity index (χ3v) is 2.50. The summed E-state index contributed by atoms with van der Waals surface area (Å²) in [6.45, 7) is 1.68. The standard InChI is InChI=1S/C13H16N2O/c1-16-13-5-3-2-4-12(13)10-15-9-11-6-7-14-8-11/h2-8,14-15H,9-10H2,1H3. The summed E-state index contributed by atoms with van der Waals surface area (Å²) in [6.07, 6.45) is 3.93. The number of para-hydroxylation sites is 1. The van der Waals surface area contributed by atoms with Crippen molar-refractivity contribution >= 4 is 0 Å². The van der Waals surface area contributed by atoms with Gasteiger partial charge in [0.1, 0.15) is 5.75 Å². The van der Waals surface area contributed by atoms with Gasteiger partial charge in [0.15, 0.2) is 0 Å². The minimum atomic E-state index is 0.815. The third kappa shape index (κ3) is 2.64. The minimum absolute atomic E-state index is 0.815. The molecule has 0 saturated carbocycles. The lowest BCUT2D eigenvalue weighted by Gasteiger charge is -2.08. The normalized spacial score (nSPS) is 10.3. The van der Waals surface area contributed by atoms with Gasteiger partial charge >= 0.3 is 0 Å². The number of rotatable bonds is 5. The number of H-pyrrole nitrogens is 1. The average Bonchev–Trinajstić information content (AvgIpc) is 2.83. The van der Waals surface area contributed by atoms with Crippen LogP contribution in [0.1, 0.15) is 11.1 Å². The molecule has 0 aliphatic rings. The highest BCUT2D eigenvalue weighted by molar-refractivity contribution is 5.33. The molecule has 1 aromatic heterocycles. The van der Waals surface area contributed by atoms with Crippen LogP contribution in [0.5, 0.6) is 5.75 Å². The van der Waals surface area contributed by atoms with E-state index in [1.165, 1.54) is 11.1 Å². The van der Waals surface area contributed by atoms with Crippen LogP contribution in [0.2, 0.25) is 0 Å². The highest BCUT2D eigenvalue weighted by Gasteiger charge is 2.00. The van der Waals surface area contributed by atoms with Gasteiger partial charge in [-0.1, -0.05) is 18.2 Å². The van der Waals surface area contributed by atoms with Crippen LogP contribution in [-0.4, -0.2) is 12.1 Å². The molecule has 2 rings (SSSR count). The average molecular weight is 216 g/mol. The molecule has 0 atom stereocenters. The van der Waals surface area contributed by atoms with E-state index < -0.39 is 0 Å². The van der Waals surface area contributed by atoms with Gasteiger partial charge in [0.25, 0.3) is 0 Å². The number of methoxy groups -OCH3 is 1. The van der Waals surface area contributed by atoms with Crippen LogP contribution in [0, 0.1) is 0 Å². The second kappa shape index (κ2) is 5.37. The molecule has 0 aliphatic carbocycles. The Morgan fingerprint density at radius 2 is 2.06 bits per heavy atom. The molecule has 0 bridgehead atoms. The van der Waals surface area contributed by atoms with Crippen molar-refractivity contribution in [3.05, 3.63) is 53.9 Å². The van der Waals surface area contributed by atoms with E-state index in [0.29, 0.717) is 0 Å². The molecule has 0 fully saturated rings. The molecule has 0 unspecified atom stereocenters. The zero-order valence-electron chi connectivity index (χ0n) is 9.36. The predicted molar refractivity (Wildman–Crippen MR) is 64.3 cm³/mol. The smallest absolute Gasteiger partial charge is 0.123 e. The molecule has 1 heterocycles. The van der Waals surface area contributed by atoms with Crippen molar-refractivity contribution in [2.75, 3.05) is 7.11 Å². The molecule has 2 aromatic rings. The highest BCUT2D eigenvalue weighted by atomic mass is 16.5. The number of benzene rings is 1. The Kier molecular flexibility index (Phi) is 3.62. The summed E-state index contributed by atoms with van der Waals surface area (Å²) in [4.78, 5) is 3.04. The second-order valence-electron chi connectivity index (χ2n) is 3.63. The number of nitrogens with one attached hydrogen (secondary N) is 2. The van der Waals surface area contributed by atoms with Crippen LogP contribution in [0.15, 0.2) is 42.7 Å². The molecule has 0 radical (unpaired) electrons. The SMILES string of the molecule is COc1ccccc1CNCc1cc[nH]c1. The quantitative estimate of drug-likeness (QED) is 0.804. The fourth-order valence-electron chi connectivity index (χ4n) is 1.66. The summed E-state index contributed by atoms with van der Waals surface area (Å²) in [7, 11) is 1.70. The van der Waals surface area contributed by atoms with E-state index in [9.17, 15) is 0 Å². The van der Waals surface area contributed by atoms with Gasteiger partial charge in [-0.15, -0.1) is 0 Å². The van der Waals surface area contributed by atoms with Crippen molar-refractivity contribution in [3.8, 4) is 5.75 Å². The Morgan fingerprint density at radius 3 is 2.81 bits per heavy atom. The summed E-state index contributed by atoms with van der Waals surface area (Å²) in [6, 6.07) is 10.1. The molecule has 0 aliphatic heterocycles. The van der Waals surface area contributed by atoms with E-state index in [1.807, 2.05) is 30.6 Å². The van der Waals surface area contributed by atoms with Gasteiger partial charge in [-0.25, -0.2) is 0 Å². The van der Waals surface area contributed by atoms with Crippen LogP contribution in [0.4, 0.5) is 0 Å². The zero-order chi connectivity index (χ0) is 11.2. The van der Waals surface area contributed by atoms with Crippen molar-refractivity contribution in [2.45, 2.75) is 13.1 Å². The van der Waals surface area contributed by atoms with Crippen molar-refractivity contribution in [1.29, 1.82) is 0 Å². The molecular weight excluding hydrogens is 200 g/mol. The molecule has 3 nitrogen and oxygen atoms in total. The molecule has 1 aromatic carbocycles. The molecule has 0 saturated heterocycles. The fourth-order valence-corrected chi connectivity index (χ4v) is 1.66. The summed E-state index contributed by atoms with van der Waals surface area (Å²) in [5.41, 5.74) is 2.44. The molecular formula is C13H16N2O. The molecule has 0 spiro atoms. The molecule has 0 amide bonds. The Morgan fingerprint density at radius 1 is 1.19 bits per heavy atom. The highest BCUT2D eigenvalue weighted by Crippen LogP contribution is 2.16. The Bertz CT molecular complexity index is 423. The maximum Gasteiger partial charge on any atom is 0.123 e. The summed E-state index contributed by atoms with van der Waals surface area (Å²) >= 11 is 0. The van der Waals surface area contributed by atoms with Crippen molar-refractivity contribution in [2.24, 2.45) is 0 Å². The van der Waals surface area contributed by atoms with Crippen molar-refractivity contribution in [3.63, 3.8) is 0 Å². The van der Waals surface area contributed by atoms with Crippen LogP contribution < -0.4 is 10.1 Å². The van der Waals surface area contributed by atoms with Crippen LogP contribution in [0.25, 0.3) is 0 Å². The lowest BCUT2D eigenvalue weighted by atomic mass is 10.2. The Hall–Kier alpha value is -1.74. The van der Waals surface area contributed by atoms with Crippen molar-refractivity contribution in [1.82, 2.24) is 10.3 Å². The van der Waals surface area contributed by atoms with E-state index in [1.54, 1.807) is 7.11 Å². The Balaban J connectivity index is 1.89. The fraction of sp³-hybridized carbons (Fsp3) is 0.231. The van der Waals surface area contributed by atoms with Gasteiger partial charge in [-0.2, -0.15) is 0 Å². The minimum Gasteiger partial charge on any atom is -0.496 e. The summed E-state index contributed by atoms with van der Waals surface area (Å²) in [5, 5.41) is 3.38. The number of aromatic amines is 1. The van der Waals surface area contributed by atoms with E-state index in [-0.39, 0.29) is 0 Å². The summed E-state index contributed by atoms with van der Waals surface area (Å²) < 4.78 is 5.29. The van der Waals surface area contributed by atoms with Gasteiger partial charge in [-0.3, -0.25) is 0 Å². The maximum absolute atomic E-state index is 5.29. The lowest BCUT2D eigenvalue weighted by Crippen LogP contribution is -2.12. The first kappa shape index (κ1) is 10.8. The first-order valence-corrected chi connectivity index (χ1v) is 5.34. The molecule has 3 heteroatoms. The van der Waals surface area contributed by atoms with E-state index in [4.69, 9.17) is 4.74 Å². The second-order valence-corrected chi connectivity index (χ2v) is 3.63. The van der Waals surface area contributed by atoms with Crippen LogP contribution >= 0.6 is 0 Å². The van der Waals surface area contributed by atoms with Gasteiger partial charge in [-0.05, 0) is 17.7 Å². The number of ether oxygens (including phenoxy) is 1. The van der Waals surface area contributed by atoms with Crippen molar-refractivity contribution < 1.29 is 4.74 Å². The summed E-state index contributed by atoms with van der Waals surface area (Å²) in [5.74, 6) is 0.934. The van der Waals surface area contributed by atoms with Crippen LogP contribution in [-0.2, 0) is 13.1 Å². The monoisotopic (exact) mass is 216 g/mol. The van der Waals surface area contributed by atoms with E-state index in [0.717, 1.165) is 18.8 Å². The molecule has 84 valence electrons. The van der Waals surface area contributed by atoms with Crippen LogP contribution in [0.3, 0.4) is 0 Å². The predicted octanol–water partition coefficient (Wildman–Crippen LogP) is 2.31. The van der Waals surface area contributed by atoms with Gasteiger partial charge in [0, 0.05) is 31.0 Å². The first-order chi connectivity index (χ1) is 7.90. The maximum atomic E-state index is 5.29. The number of hydrogen-bond acceptors (Lipinski definition) is 2. The number of aromatic nitrogens is 1. The molecule has 16 heavy (non-hydrogen) atoms. The third-order valence-electron chi connectivity index (χ3n) is 2.50. The zero-order valence-corrected chi connectivity index (χ0v) is 9.36. The largest absolute Gasteiger partial charge is 0.496 e. The van der Waals surface area contributed by atoms with Gasteiger partial charge < -0.3 is 15.0 Å². The van der Waals surface area contributed by atoms with E-state index >= 15 is 0 Å². The first-order valence-electron chi connectivity index (χ1n) is 5.34. The van der Waals surface area contributed by atoms with Gasteiger partial charge in [0.05, 0.1) is 7.11 Å². The number of hydrogen-bond donors (Lipinski definition) is 2.